The molecule has 1 aliphatic rings. The summed E-state index contributed by atoms with van der Waals surface area (Å²) in [5.41, 5.74) is 2.87. The second kappa shape index (κ2) is 9.65. The molecule has 0 radical (unpaired) electrons. The van der Waals surface area contributed by atoms with Crippen molar-refractivity contribution in [2.45, 2.75) is 71.9 Å². The molecule has 0 spiro atoms. The smallest absolute Gasteiger partial charge is 0.314 e. The van der Waals surface area contributed by atoms with Gasteiger partial charge >= 0.3 is 5.97 Å². The van der Waals surface area contributed by atoms with E-state index in [0.29, 0.717) is 17.8 Å². The van der Waals surface area contributed by atoms with Gasteiger partial charge in [-0.2, -0.15) is 0 Å². The highest BCUT2D eigenvalue weighted by Gasteiger charge is 2.33. The first-order chi connectivity index (χ1) is 14.3. The maximum Gasteiger partial charge on any atom is 0.314 e. The minimum Gasteiger partial charge on any atom is -0.508 e. The van der Waals surface area contributed by atoms with Gasteiger partial charge in [-0.05, 0) is 83.7 Å². The lowest BCUT2D eigenvalue weighted by atomic mass is 9.84. The molecule has 2 aromatic rings. The number of ether oxygens (including phenoxy) is 1. The van der Waals surface area contributed by atoms with E-state index in [1.54, 1.807) is 12.1 Å². The number of aromatic hydroxyl groups is 1. The number of hydrogen-bond acceptors (Lipinski definition) is 4. The summed E-state index contributed by atoms with van der Waals surface area (Å²) in [5, 5.41) is 10.5. The quantitative estimate of drug-likeness (QED) is 0.429. The zero-order valence-electron chi connectivity index (χ0n) is 18.9. The van der Waals surface area contributed by atoms with Gasteiger partial charge in [-0.1, -0.05) is 30.3 Å². The summed E-state index contributed by atoms with van der Waals surface area (Å²) in [5.74, 6) is 0.720. The van der Waals surface area contributed by atoms with Crippen molar-refractivity contribution in [3.63, 3.8) is 0 Å². The first-order valence-corrected chi connectivity index (χ1v) is 11.1. The molecule has 0 aliphatic heterocycles. The highest BCUT2D eigenvalue weighted by Crippen LogP contribution is 2.41. The average molecular weight is 410 g/mol. The second-order valence-corrected chi connectivity index (χ2v) is 8.99. The van der Waals surface area contributed by atoms with Gasteiger partial charge in [-0.3, -0.25) is 9.69 Å². The number of rotatable bonds is 9. The zero-order chi connectivity index (χ0) is 21.8. The van der Waals surface area contributed by atoms with Crippen molar-refractivity contribution >= 4 is 5.97 Å². The number of nitrogens with zero attached hydrogens (tertiary/aromatic N) is 1. The summed E-state index contributed by atoms with van der Waals surface area (Å²) in [6.07, 6.45) is 2.69. The molecule has 0 amide bonds. The summed E-state index contributed by atoms with van der Waals surface area (Å²) < 4.78 is 5.85. The molecule has 0 bridgehead atoms. The Balaban J connectivity index is 2.00. The molecular formula is C26H35NO3. The number of phenolic OH excluding ortho intramolecular Hbond substituents is 1. The fraction of sp³-hybridized carbons (Fsp3) is 0.500. The van der Waals surface area contributed by atoms with Crippen LogP contribution in [0.3, 0.4) is 0 Å². The van der Waals surface area contributed by atoms with Crippen LogP contribution in [0.4, 0.5) is 0 Å². The predicted molar refractivity (Wildman–Crippen MR) is 121 cm³/mol. The Labute approximate surface area is 180 Å². The van der Waals surface area contributed by atoms with Crippen LogP contribution in [0.5, 0.6) is 11.5 Å². The van der Waals surface area contributed by atoms with Crippen LogP contribution in [-0.4, -0.2) is 34.6 Å². The Kier molecular flexibility index (Phi) is 7.19. The monoisotopic (exact) mass is 409 g/mol. The molecule has 0 unspecified atom stereocenters. The van der Waals surface area contributed by atoms with Gasteiger partial charge in [0.05, 0.1) is 5.92 Å². The van der Waals surface area contributed by atoms with Gasteiger partial charge in [-0.15, -0.1) is 0 Å². The highest BCUT2D eigenvalue weighted by molar-refractivity contribution is 5.78. The zero-order valence-corrected chi connectivity index (χ0v) is 18.9. The van der Waals surface area contributed by atoms with Crippen LogP contribution in [0.15, 0.2) is 42.5 Å². The van der Waals surface area contributed by atoms with Crippen molar-refractivity contribution in [2.75, 3.05) is 6.54 Å². The summed E-state index contributed by atoms with van der Waals surface area (Å²) in [4.78, 5) is 14.9. The minimum atomic E-state index is -0.154. The molecule has 1 atom stereocenters. The van der Waals surface area contributed by atoms with E-state index in [1.807, 2.05) is 25.1 Å². The lowest BCUT2D eigenvalue weighted by molar-refractivity contribution is -0.135. The Bertz CT molecular complexity index is 848. The maximum atomic E-state index is 12.4. The van der Waals surface area contributed by atoms with Crippen LogP contribution >= 0.6 is 0 Å². The second-order valence-electron chi connectivity index (χ2n) is 8.99. The molecule has 0 heterocycles. The normalized spacial score (nSPS) is 15.1. The fourth-order valence-electron chi connectivity index (χ4n) is 4.28. The van der Waals surface area contributed by atoms with Crippen molar-refractivity contribution in [3.8, 4) is 11.5 Å². The third-order valence-electron chi connectivity index (χ3n) is 6.12. The molecular weight excluding hydrogens is 374 g/mol. The van der Waals surface area contributed by atoms with Gasteiger partial charge in [-0.25, -0.2) is 0 Å². The third-order valence-corrected chi connectivity index (χ3v) is 6.12. The van der Waals surface area contributed by atoms with Gasteiger partial charge in [0, 0.05) is 23.6 Å². The van der Waals surface area contributed by atoms with Crippen LogP contribution in [0.25, 0.3) is 0 Å². The topological polar surface area (TPSA) is 49.8 Å². The van der Waals surface area contributed by atoms with Crippen LogP contribution in [-0.2, 0) is 4.79 Å². The summed E-state index contributed by atoms with van der Waals surface area (Å²) in [7, 11) is 0. The van der Waals surface area contributed by atoms with Crippen LogP contribution in [0, 0.1) is 12.8 Å². The van der Waals surface area contributed by atoms with Crippen LogP contribution < -0.4 is 4.74 Å². The van der Waals surface area contributed by atoms with Gasteiger partial charge < -0.3 is 9.84 Å². The first-order valence-electron chi connectivity index (χ1n) is 11.1. The Morgan fingerprint density at radius 2 is 1.70 bits per heavy atom. The van der Waals surface area contributed by atoms with E-state index >= 15 is 0 Å². The molecule has 0 saturated heterocycles. The van der Waals surface area contributed by atoms with E-state index in [9.17, 15) is 9.90 Å². The number of hydrogen-bond donors (Lipinski definition) is 1. The van der Waals surface area contributed by atoms with E-state index in [2.05, 4.69) is 44.7 Å². The van der Waals surface area contributed by atoms with Crippen LogP contribution in [0.2, 0.25) is 0 Å². The lowest BCUT2D eigenvalue weighted by Crippen LogP contribution is -2.38. The van der Waals surface area contributed by atoms with E-state index in [0.717, 1.165) is 36.9 Å². The number of benzene rings is 2. The van der Waals surface area contributed by atoms with Crippen molar-refractivity contribution in [1.82, 2.24) is 4.90 Å². The molecule has 3 rings (SSSR count). The maximum absolute atomic E-state index is 12.4. The Hall–Kier alpha value is -2.33. The van der Waals surface area contributed by atoms with Gasteiger partial charge in [0.15, 0.2) is 0 Å². The predicted octanol–water partition coefficient (Wildman–Crippen LogP) is 5.66. The Morgan fingerprint density at radius 3 is 2.27 bits per heavy atom. The molecule has 1 fully saturated rings. The fourth-order valence-corrected chi connectivity index (χ4v) is 4.28. The third kappa shape index (κ3) is 5.23. The number of esters is 1. The summed E-state index contributed by atoms with van der Waals surface area (Å²) in [6.45, 7) is 11.7. The van der Waals surface area contributed by atoms with Crippen LogP contribution in [0.1, 0.15) is 69.6 Å². The molecule has 1 aliphatic carbocycles. The lowest BCUT2D eigenvalue weighted by Gasteiger charge is -2.33. The van der Waals surface area contributed by atoms with E-state index in [-0.39, 0.29) is 23.6 Å². The number of carbonyl (C=O) groups excluding carboxylic acids is 1. The van der Waals surface area contributed by atoms with E-state index < -0.39 is 0 Å². The standard InChI is InChI=1S/C26H35NO3/c1-17(2)27(18(3)4)16-15-22(20-9-7-6-8-10-20)25-19(5)23(28)13-14-24(25)30-26(29)21-11-12-21/h6-10,13-14,17-18,21-22,28H,11-12,15-16H2,1-5H3/t22-/m1/s1. The van der Waals surface area contributed by atoms with Crippen molar-refractivity contribution in [2.24, 2.45) is 5.92 Å². The average Bonchev–Trinajstić information content (AvgIpc) is 3.55. The molecule has 30 heavy (non-hydrogen) atoms. The molecule has 4 heteroatoms. The minimum absolute atomic E-state index is 0.0273. The van der Waals surface area contributed by atoms with Gasteiger partial charge in [0.1, 0.15) is 11.5 Å². The molecule has 1 saturated carbocycles. The Morgan fingerprint density at radius 1 is 1.07 bits per heavy atom. The van der Waals surface area contributed by atoms with Crippen molar-refractivity contribution in [3.05, 3.63) is 59.2 Å². The number of phenols is 1. The van der Waals surface area contributed by atoms with E-state index in [4.69, 9.17) is 4.74 Å². The molecule has 0 aromatic heterocycles. The molecule has 1 N–H and O–H groups in total. The molecule has 4 nitrogen and oxygen atoms in total. The van der Waals surface area contributed by atoms with Crippen molar-refractivity contribution < 1.29 is 14.6 Å². The largest absolute Gasteiger partial charge is 0.508 e. The number of carbonyl (C=O) groups is 1. The summed E-state index contributed by atoms with van der Waals surface area (Å²) >= 11 is 0. The van der Waals surface area contributed by atoms with E-state index in [1.165, 1.54) is 5.56 Å². The first kappa shape index (κ1) is 22.4. The van der Waals surface area contributed by atoms with Gasteiger partial charge in [0.2, 0.25) is 0 Å². The van der Waals surface area contributed by atoms with Gasteiger partial charge in [0.25, 0.3) is 0 Å². The molecule has 162 valence electrons. The summed E-state index contributed by atoms with van der Waals surface area (Å²) in [6, 6.07) is 14.6. The molecule has 2 aromatic carbocycles. The highest BCUT2D eigenvalue weighted by atomic mass is 16.5. The van der Waals surface area contributed by atoms with Crippen molar-refractivity contribution in [1.29, 1.82) is 0 Å². The SMILES string of the molecule is Cc1c(O)ccc(OC(=O)C2CC2)c1[C@H](CCN(C(C)C)C(C)C)c1ccccc1.